The molecule has 0 aliphatic carbocycles. The number of para-hydroxylation sites is 1. The minimum Gasteiger partial charge on any atom is -0.382 e. The standard InChI is InChI=1S/C25H25Cl2F3N8O3/c1-24(2,21(31)40)13-32-22-33-19(34-38(22)17-6-4-3-5-16(17)27)12-37-23(41)36(11-18(39)25(28,29)30)20(35-37)14-7-9-15(26)10-8-14/h3-10,18,39H,11-13H2,1-2H3,(H2,31,40)(H,32,33,34). The number of nitrogens with one attached hydrogen (secondary N) is 1. The monoisotopic (exact) mass is 612 g/mol. The van der Waals surface area contributed by atoms with Crippen molar-refractivity contribution in [1.29, 1.82) is 0 Å². The predicted octanol–water partition coefficient (Wildman–Crippen LogP) is 3.49. The predicted molar refractivity (Wildman–Crippen MR) is 146 cm³/mol. The van der Waals surface area contributed by atoms with Gasteiger partial charge in [-0.3, -0.25) is 9.36 Å². The molecule has 1 amide bonds. The lowest BCUT2D eigenvalue weighted by Crippen LogP contribution is -2.37. The van der Waals surface area contributed by atoms with Crippen LogP contribution in [-0.4, -0.2) is 59.0 Å². The second-order valence-corrected chi connectivity index (χ2v) is 10.6. The van der Waals surface area contributed by atoms with E-state index in [4.69, 9.17) is 28.9 Å². The van der Waals surface area contributed by atoms with Crippen LogP contribution >= 0.6 is 23.2 Å². The molecule has 0 spiro atoms. The first-order chi connectivity index (χ1) is 19.2. The Hall–Kier alpha value is -3.88. The largest absolute Gasteiger partial charge is 0.416 e. The van der Waals surface area contributed by atoms with Gasteiger partial charge in [-0.25, -0.2) is 9.48 Å². The molecule has 4 rings (SSSR count). The number of aliphatic hydroxyl groups excluding tert-OH is 1. The van der Waals surface area contributed by atoms with Crippen LogP contribution in [0.15, 0.2) is 53.3 Å². The third-order valence-electron chi connectivity index (χ3n) is 6.14. The molecule has 0 radical (unpaired) electrons. The molecule has 0 saturated carbocycles. The third-order valence-corrected chi connectivity index (χ3v) is 6.71. The zero-order valence-corrected chi connectivity index (χ0v) is 23.2. The Morgan fingerprint density at radius 3 is 2.37 bits per heavy atom. The van der Waals surface area contributed by atoms with E-state index in [9.17, 15) is 27.9 Å². The molecule has 1 atom stereocenters. The van der Waals surface area contributed by atoms with E-state index in [1.807, 2.05) is 0 Å². The molecular weight excluding hydrogens is 588 g/mol. The van der Waals surface area contributed by atoms with Crippen molar-refractivity contribution in [1.82, 2.24) is 29.1 Å². The first-order valence-electron chi connectivity index (χ1n) is 12.1. The lowest BCUT2D eigenvalue weighted by atomic mass is 9.93. The summed E-state index contributed by atoms with van der Waals surface area (Å²) >= 11 is 12.3. The molecule has 0 bridgehead atoms. The number of aromatic nitrogens is 6. The molecule has 218 valence electrons. The van der Waals surface area contributed by atoms with Crippen molar-refractivity contribution in [3.63, 3.8) is 0 Å². The topological polar surface area (TPSA) is 146 Å². The Labute approximate surface area is 241 Å². The molecule has 2 heterocycles. The van der Waals surface area contributed by atoms with E-state index in [0.29, 0.717) is 21.3 Å². The number of anilines is 1. The molecule has 0 saturated heterocycles. The highest BCUT2D eigenvalue weighted by Crippen LogP contribution is 2.26. The number of alkyl halides is 3. The summed E-state index contributed by atoms with van der Waals surface area (Å²) in [7, 11) is 0. The summed E-state index contributed by atoms with van der Waals surface area (Å²) in [6.07, 6.45) is -7.78. The summed E-state index contributed by atoms with van der Waals surface area (Å²) in [4.78, 5) is 29.5. The molecule has 1 unspecified atom stereocenters. The van der Waals surface area contributed by atoms with Gasteiger partial charge in [-0.2, -0.15) is 22.8 Å². The highest BCUT2D eigenvalue weighted by molar-refractivity contribution is 6.32. The van der Waals surface area contributed by atoms with Crippen molar-refractivity contribution in [2.24, 2.45) is 11.1 Å². The van der Waals surface area contributed by atoms with Crippen LogP contribution in [0.25, 0.3) is 17.1 Å². The van der Waals surface area contributed by atoms with Crippen LogP contribution in [-0.2, 0) is 17.9 Å². The number of halogens is 5. The number of amides is 1. The molecular formula is C25H25Cl2F3N8O3. The fourth-order valence-electron chi connectivity index (χ4n) is 3.65. The average Bonchev–Trinajstić information content (AvgIpc) is 3.44. The number of rotatable bonds is 10. The summed E-state index contributed by atoms with van der Waals surface area (Å²) in [5, 5.41) is 22.1. The smallest absolute Gasteiger partial charge is 0.382 e. The van der Waals surface area contributed by atoms with Crippen LogP contribution < -0.4 is 16.7 Å². The number of primary amides is 1. The number of benzene rings is 2. The molecule has 0 aliphatic rings. The van der Waals surface area contributed by atoms with Gasteiger partial charge >= 0.3 is 11.9 Å². The molecule has 2 aromatic heterocycles. The minimum atomic E-state index is -4.96. The van der Waals surface area contributed by atoms with E-state index in [0.717, 1.165) is 9.25 Å². The number of nitrogens with two attached hydrogens (primary N) is 1. The van der Waals surface area contributed by atoms with Gasteiger partial charge in [0.15, 0.2) is 17.8 Å². The van der Waals surface area contributed by atoms with Crippen LogP contribution in [0.5, 0.6) is 0 Å². The maximum Gasteiger partial charge on any atom is 0.416 e. The van der Waals surface area contributed by atoms with Crippen LogP contribution in [0, 0.1) is 5.41 Å². The lowest BCUT2D eigenvalue weighted by molar-refractivity contribution is -0.207. The molecule has 4 N–H and O–H groups in total. The summed E-state index contributed by atoms with van der Waals surface area (Å²) < 4.78 is 42.5. The van der Waals surface area contributed by atoms with Gasteiger partial charge in [-0.05, 0) is 50.2 Å². The maximum atomic E-state index is 13.3. The molecule has 4 aromatic rings. The van der Waals surface area contributed by atoms with Crippen molar-refractivity contribution in [3.8, 4) is 17.1 Å². The zero-order valence-electron chi connectivity index (χ0n) is 21.7. The van der Waals surface area contributed by atoms with Crippen LogP contribution in [0.2, 0.25) is 10.0 Å². The quantitative estimate of drug-likeness (QED) is 0.248. The van der Waals surface area contributed by atoms with E-state index in [-0.39, 0.29) is 30.7 Å². The Kier molecular flexibility index (Phi) is 8.47. The Morgan fingerprint density at radius 2 is 1.76 bits per heavy atom. The number of carbonyl (C=O) groups is 1. The van der Waals surface area contributed by atoms with E-state index in [2.05, 4.69) is 20.5 Å². The first kappa shape index (κ1) is 30.1. The van der Waals surface area contributed by atoms with Crippen LogP contribution in [0.1, 0.15) is 19.7 Å². The second kappa shape index (κ2) is 11.5. The molecule has 0 fully saturated rings. The normalized spacial score (nSPS) is 12.9. The number of hydrogen-bond acceptors (Lipinski definition) is 7. The van der Waals surface area contributed by atoms with Crippen molar-refractivity contribution in [2.75, 3.05) is 11.9 Å². The maximum absolute atomic E-state index is 13.3. The highest BCUT2D eigenvalue weighted by Gasteiger charge is 2.39. The van der Waals surface area contributed by atoms with Gasteiger partial charge in [0, 0.05) is 17.1 Å². The zero-order chi connectivity index (χ0) is 30.1. The van der Waals surface area contributed by atoms with E-state index in [1.165, 1.54) is 28.9 Å². The van der Waals surface area contributed by atoms with Crippen molar-refractivity contribution in [2.45, 2.75) is 39.2 Å². The van der Waals surface area contributed by atoms with Crippen LogP contribution in [0.4, 0.5) is 19.1 Å². The van der Waals surface area contributed by atoms with Gasteiger partial charge in [0.05, 0.1) is 22.7 Å². The van der Waals surface area contributed by atoms with Gasteiger partial charge < -0.3 is 16.2 Å². The van der Waals surface area contributed by atoms with Crippen molar-refractivity contribution >= 4 is 35.1 Å². The van der Waals surface area contributed by atoms with Crippen molar-refractivity contribution < 1.29 is 23.1 Å². The first-order valence-corrected chi connectivity index (χ1v) is 12.9. The molecule has 41 heavy (non-hydrogen) atoms. The number of carbonyl (C=O) groups excluding carboxylic acids is 1. The number of hydrogen-bond donors (Lipinski definition) is 3. The number of nitrogens with zero attached hydrogens (tertiary/aromatic N) is 6. The average molecular weight is 613 g/mol. The van der Waals surface area contributed by atoms with Crippen molar-refractivity contribution in [3.05, 3.63) is 74.9 Å². The van der Waals surface area contributed by atoms with E-state index in [1.54, 1.807) is 38.1 Å². The summed E-state index contributed by atoms with van der Waals surface area (Å²) in [5.41, 5.74) is 4.31. The molecule has 11 nitrogen and oxygen atoms in total. The molecule has 16 heteroatoms. The number of aliphatic hydroxyl groups is 1. The lowest BCUT2D eigenvalue weighted by Gasteiger charge is -2.21. The highest BCUT2D eigenvalue weighted by atomic mass is 35.5. The summed E-state index contributed by atoms with van der Waals surface area (Å²) in [5.74, 6) is -0.459. The minimum absolute atomic E-state index is 0.0510. The summed E-state index contributed by atoms with van der Waals surface area (Å²) in [6.45, 7) is 1.92. The van der Waals surface area contributed by atoms with E-state index >= 15 is 0 Å². The third kappa shape index (κ3) is 6.72. The summed E-state index contributed by atoms with van der Waals surface area (Å²) in [6, 6.07) is 12.7. The Morgan fingerprint density at radius 1 is 1.10 bits per heavy atom. The van der Waals surface area contributed by atoms with Crippen LogP contribution in [0.3, 0.4) is 0 Å². The Bertz CT molecular complexity index is 1610. The van der Waals surface area contributed by atoms with Gasteiger partial charge in [0.25, 0.3) is 0 Å². The van der Waals surface area contributed by atoms with Gasteiger partial charge in [0.2, 0.25) is 11.9 Å². The second-order valence-electron chi connectivity index (χ2n) is 9.76. The SMILES string of the molecule is CC(C)(CNc1nc(Cn2nc(-c3ccc(Cl)cc3)n(CC(O)C(F)(F)F)c2=O)nn1-c1ccccc1Cl)C(N)=O. The fourth-order valence-corrected chi connectivity index (χ4v) is 3.99. The molecule has 2 aromatic carbocycles. The fraction of sp³-hybridized carbons (Fsp3) is 0.320. The van der Waals surface area contributed by atoms with Gasteiger partial charge in [-0.15, -0.1) is 10.2 Å². The van der Waals surface area contributed by atoms with E-state index < -0.39 is 35.8 Å². The molecule has 0 aliphatic heterocycles. The van der Waals surface area contributed by atoms with Gasteiger partial charge in [-0.1, -0.05) is 35.3 Å². The Balaban J connectivity index is 1.76. The van der Waals surface area contributed by atoms with Gasteiger partial charge in [0.1, 0.15) is 6.54 Å².